The van der Waals surface area contributed by atoms with Gasteiger partial charge in [-0.05, 0) is 47.2 Å². The van der Waals surface area contributed by atoms with Crippen molar-refractivity contribution < 1.29 is 4.74 Å². The van der Waals surface area contributed by atoms with E-state index in [9.17, 15) is 0 Å². The Morgan fingerprint density at radius 3 is 2.87 bits per heavy atom. The lowest BCUT2D eigenvalue weighted by Gasteiger charge is -2.11. The molecule has 15 heavy (non-hydrogen) atoms. The van der Waals surface area contributed by atoms with Crippen molar-refractivity contribution in [2.75, 3.05) is 19.0 Å². The van der Waals surface area contributed by atoms with Crippen molar-refractivity contribution in [2.24, 2.45) is 0 Å². The summed E-state index contributed by atoms with van der Waals surface area (Å²) in [5.41, 5.74) is 0.889. The minimum atomic E-state index is 0.603. The quantitative estimate of drug-likeness (QED) is 0.838. The molecule has 82 valence electrons. The average Bonchev–Trinajstić information content (AvgIpc) is 2.21. The van der Waals surface area contributed by atoms with Gasteiger partial charge in [-0.1, -0.05) is 0 Å². The Bertz CT molecular complexity index is 357. The van der Waals surface area contributed by atoms with E-state index in [-0.39, 0.29) is 0 Å². The molecule has 0 unspecified atom stereocenters. The molecule has 2 N–H and O–H groups in total. The van der Waals surface area contributed by atoms with Gasteiger partial charge in [-0.3, -0.25) is 0 Å². The van der Waals surface area contributed by atoms with E-state index in [0.717, 1.165) is 22.5 Å². The number of thiocarbonyl (C=S) groups is 1. The lowest BCUT2D eigenvalue weighted by atomic mass is 10.3. The number of nitrogens with one attached hydrogen (secondary N) is 2. The third kappa shape index (κ3) is 3.68. The molecule has 0 saturated heterocycles. The number of anilines is 1. The van der Waals surface area contributed by atoms with Crippen LogP contribution in [-0.4, -0.2) is 18.8 Å². The number of methoxy groups -OCH3 is 1. The highest BCUT2D eigenvalue weighted by Gasteiger charge is 2.03. The topological polar surface area (TPSA) is 33.3 Å². The maximum Gasteiger partial charge on any atom is 0.170 e. The molecule has 0 fully saturated rings. The molecule has 0 radical (unpaired) electrons. The molecule has 0 aliphatic heterocycles. The average molecular weight is 289 g/mol. The zero-order chi connectivity index (χ0) is 11.3. The lowest BCUT2D eigenvalue weighted by Crippen LogP contribution is -2.28. The molecule has 0 aliphatic carbocycles. The first-order valence-electron chi connectivity index (χ1n) is 4.55. The summed E-state index contributed by atoms with van der Waals surface area (Å²) in [6.45, 7) is 2.79. The van der Waals surface area contributed by atoms with Crippen molar-refractivity contribution in [1.82, 2.24) is 5.32 Å². The van der Waals surface area contributed by atoms with Gasteiger partial charge in [0.05, 0.1) is 12.8 Å². The second-order valence-corrected chi connectivity index (χ2v) is 4.09. The smallest absolute Gasteiger partial charge is 0.170 e. The predicted octanol–water partition coefficient (Wildman–Crippen LogP) is 2.76. The normalized spacial score (nSPS) is 9.53. The number of hydrogen-bond acceptors (Lipinski definition) is 2. The molecule has 0 amide bonds. The Kier molecular flexibility index (Phi) is 4.84. The monoisotopic (exact) mass is 288 g/mol. The summed E-state index contributed by atoms with van der Waals surface area (Å²) < 4.78 is 6.07. The molecule has 3 nitrogen and oxygen atoms in total. The summed E-state index contributed by atoms with van der Waals surface area (Å²) >= 11 is 8.52. The molecule has 0 aromatic heterocycles. The van der Waals surface area contributed by atoms with Crippen molar-refractivity contribution in [3.63, 3.8) is 0 Å². The van der Waals surface area contributed by atoms with Gasteiger partial charge in [0.1, 0.15) is 5.75 Å². The first-order chi connectivity index (χ1) is 7.17. The summed E-state index contributed by atoms with van der Waals surface area (Å²) in [6, 6.07) is 5.68. The Labute approximate surface area is 103 Å². The zero-order valence-electron chi connectivity index (χ0n) is 8.63. The van der Waals surface area contributed by atoms with Crippen LogP contribution in [0.3, 0.4) is 0 Å². The van der Waals surface area contributed by atoms with Crippen molar-refractivity contribution >= 4 is 38.9 Å². The molecule has 0 aliphatic rings. The van der Waals surface area contributed by atoms with E-state index < -0.39 is 0 Å². The van der Waals surface area contributed by atoms with Gasteiger partial charge in [0, 0.05) is 17.1 Å². The fourth-order valence-electron chi connectivity index (χ4n) is 1.05. The van der Waals surface area contributed by atoms with Crippen LogP contribution in [0.2, 0.25) is 0 Å². The molecule has 0 atom stereocenters. The van der Waals surface area contributed by atoms with Crippen LogP contribution < -0.4 is 15.4 Å². The van der Waals surface area contributed by atoms with Crippen LogP contribution in [0.5, 0.6) is 5.75 Å². The number of benzene rings is 1. The molecule has 1 rings (SSSR count). The largest absolute Gasteiger partial charge is 0.497 e. The van der Waals surface area contributed by atoms with Crippen molar-refractivity contribution in [3.8, 4) is 5.75 Å². The van der Waals surface area contributed by atoms with Gasteiger partial charge >= 0.3 is 0 Å². The number of rotatable bonds is 3. The standard InChI is InChI=1S/C10H13BrN2OS/c1-3-12-10(15)13-9-6-7(14-2)4-5-8(9)11/h4-6H,3H2,1-2H3,(H2,12,13,15). The number of halogens is 1. The third-order valence-electron chi connectivity index (χ3n) is 1.76. The van der Waals surface area contributed by atoms with Crippen molar-refractivity contribution in [3.05, 3.63) is 22.7 Å². The van der Waals surface area contributed by atoms with Crippen LogP contribution in [0.15, 0.2) is 22.7 Å². The highest BCUT2D eigenvalue weighted by Crippen LogP contribution is 2.26. The summed E-state index contributed by atoms with van der Waals surface area (Å²) in [5.74, 6) is 0.792. The molecule has 0 spiro atoms. The fourth-order valence-corrected chi connectivity index (χ4v) is 1.65. The van der Waals surface area contributed by atoms with Crippen molar-refractivity contribution in [1.29, 1.82) is 0 Å². The molecule has 0 saturated carbocycles. The fraction of sp³-hybridized carbons (Fsp3) is 0.300. The van der Waals surface area contributed by atoms with E-state index in [1.165, 1.54) is 0 Å². The van der Waals surface area contributed by atoms with Gasteiger partial charge in [0.15, 0.2) is 5.11 Å². The van der Waals surface area contributed by atoms with Crippen LogP contribution in [0.1, 0.15) is 6.92 Å². The molecule has 0 bridgehead atoms. The molecule has 1 aromatic carbocycles. The minimum Gasteiger partial charge on any atom is -0.497 e. The van der Waals surface area contributed by atoms with Crippen LogP contribution in [0, 0.1) is 0 Å². The second kappa shape index (κ2) is 5.92. The first-order valence-corrected chi connectivity index (χ1v) is 5.76. The molecule has 1 aromatic rings. The number of hydrogen-bond donors (Lipinski definition) is 2. The van der Waals surface area contributed by atoms with Gasteiger partial charge in [-0.25, -0.2) is 0 Å². The van der Waals surface area contributed by atoms with Crippen LogP contribution in [0.4, 0.5) is 5.69 Å². The van der Waals surface area contributed by atoms with E-state index >= 15 is 0 Å². The first kappa shape index (κ1) is 12.3. The van der Waals surface area contributed by atoms with Crippen LogP contribution >= 0.6 is 28.1 Å². The maximum absolute atomic E-state index is 5.13. The van der Waals surface area contributed by atoms with Gasteiger partial charge in [0.25, 0.3) is 0 Å². The van der Waals surface area contributed by atoms with Crippen molar-refractivity contribution in [2.45, 2.75) is 6.92 Å². The van der Waals surface area contributed by atoms with Crippen LogP contribution in [-0.2, 0) is 0 Å². The third-order valence-corrected chi connectivity index (χ3v) is 2.70. The zero-order valence-corrected chi connectivity index (χ0v) is 11.0. The molecular weight excluding hydrogens is 276 g/mol. The molecule has 0 heterocycles. The summed E-state index contributed by atoms with van der Waals surface area (Å²) in [4.78, 5) is 0. The Hall–Kier alpha value is -0.810. The van der Waals surface area contributed by atoms with Gasteiger partial charge in [0.2, 0.25) is 0 Å². The second-order valence-electron chi connectivity index (χ2n) is 2.83. The SMILES string of the molecule is CCNC(=S)Nc1cc(OC)ccc1Br. The summed E-state index contributed by atoms with van der Waals surface area (Å²) in [6.07, 6.45) is 0. The van der Waals surface area contributed by atoms with Gasteiger partial charge < -0.3 is 15.4 Å². The summed E-state index contributed by atoms with van der Waals surface area (Å²) in [7, 11) is 1.63. The minimum absolute atomic E-state index is 0.603. The highest BCUT2D eigenvalue weighted by atomic mass is 79.9. The van der Waals surface area contributed by atoms with Crippen LogP contribution in [0.25, 0.3) is 0 Å². The van der Waals surface area contributed by atoms with Gasteiger partial charge in [-0.15, -0.1) is 0 Å². The predicted molar refractivity (Wildman–Crippen MR) is 70.6 cm³/mol. The highest BCUT2D eigenvalue weighted by molar-refractivity contribution is 9.10. The maximum atomic E-state index is 5.13. The Balaban J connectivity index is 2.79. The summed E-state index contributed by atoms with van der Waals surface area (Å²) in [5, 5.41) is 6.70. The van der Waals surface area contributed by atoms with E-state index in [2.05, 4.69) is 26.6 Å². The van der Waals surface area contributed by atoms with E-state index in [0.29, 0.717) is 5.11 Å². The van der Waals surface area contributed by atoms with E-state index in [1.807, 2.05) is 25.1 Å². The van der Waals surface area contributed by atoms with Gasteiger partial charge in [-0.2, -0.15) is 0 Å². The lowest BCUT2D eigenvalue weighted by molar-refractivity contribution is 0.415. The van der Waals surface area contributed by atoms with E-state index in [1.54, 1.807) is 7.11 Å². The Morgan fingerprint density at radius 1 is 1.53 bits per heavy atom. The molecule has 5 heteroatoms. The Morgan fingerprint density at radius 2 is 2.27 bits per heavy atom. The molecular formula is C10H13BrN2OS. The van der Waals surface area contributed by atoms with E-state index in [4.69, 9.17) is 17.0 Å². The number of ether oxygens (including phenoxy) is 1.